The van der Waals surface area contributed by atoms with Gasteiger partial charge in [0.15, 0.2) is 11.5 Å². The molecule has 0 aromatic heterocycles. The number of likely N-dealkylation sites (N-methyl/N-ethyl adjacent to an activating group) is 1. The average molecular weight is 265 g/mol. The SMILES string of the molecule is COc1cc2c(cc1OC)[C@H](CC(=O)O)N(C)CC2. The third kappa shape index (κ3) is 2.66. The molecule has 1 heterocycles. The quantitative estimate of drug-likeness (QED) is 0.898. The van der Waals surface area contributed by atoms with Crippen LogP contribution in [0, 0.1) is 0 Å². The Morgan fingerprint density at radius 2 is 2.00 bits per heavy atom. The number of ether oxygens (including phenoxy) is 2. The van der Waals surface area contributed by atoms with Crippen LogP contribution in [0.1, 0.15) is 23.6 Å². The molecule has 0 saturated heterocycles. The zero-order valence-corrected chi connectivity index (χ0v) is 11.5. The number of aliphatic carboxylic acids is 1. The first kappa shape index (κ1) is 13.7. The van der Waals surface area contributed by atoms with Crippen molar-refractivity contribution in [3.8, 4) is 11.5 Å². The molecule has 1 aromatic carbocycles. The highest BCUT2D eigenvalue weighted by Crippen LogP contribution is 2.38. The highest BCUT2D eigenvalue weighted by molar-refractivity contribution is 5.68. The van der Waals surface area contributed by atoms with Gasteiger partial charge < -0.3 is 14.6 Å². The van der Waals surface area contributed by atoms with Crippen molar-refractivity contribution >= 4 is 5.97 Å². The zero-order chi connectivity index (χ0) is 14.0. The summed E-state index contributed by atoms with van der Waals surface area (Å²) in [7, 11) is 5.14. The molecule has 1 aliphatic heterocycles. The smallest absolute Gasteiger partial charge is 0.305 e. The van der Waals surface area contributed by atoms with E-state index in [-0.39, 0.29) is 12.5 Å². The highest BCUT2D eigenvalue weighted by Gasteiger charge is 2.28. The minimum absolute atomic E-state index is 0.0962. The van der Waals surface area contributed by atoms with Gasteiger partial charge in [0.05, 0.1) is 20.6 Å². The van der Waals surface area contributed by atoms with Crippen LogP contribution in [0.15, 0.2) is 12.1 Å². The summed E-state index contributed by atoms with van der Waals surface area (Å²) in [6.07, 6.45) is 0.987. The molecule has 2 rings (SSSR count). The van der Waals surface area contributed by atoms with E-state index in [1.54, 1.807) is 14.2 Å². The lowest BCUT2D eigenvalue weighted by Gasteiger charge is -2.34. The molecule has 1 aliphatic rings. The minimum atomic E-state index is -0.792. The second-order valence-electron chi connectivity index (χ2n) is 4.75. The van der Waals surface area contributed by atoms with E-state index in [2.05, 4.69) is 4.90 Å². The van der Waals surface area contributed by atoms with Crippen molar-refractivity contribution < 1.29 is 19.4 Å². The Labute approximate surface area is 112 Å². The zero-order valence-electron chi connectivity index (χ0n) is 11.5. The fourth-order valence-electron chi connectivity index (χ4n) is 2.58. The molecule has 1 N–H and O–H groups in total. The molecule has 0 radical (unpaired) electrons. The second kappa shape index (κ2) is 5.48. The van der Waals surface area contributed by atoms with Crippen LogP contribution in [0.3, 0.4) is 0 Å². The fraction of sp³-hybridized carbons (Fsp3) is 0.500. The van der Waals surface area contributed by atoms with Crippen molar-refractivity contribution in [2.75, 3.05) is 27.8 Å². The lowest BCUT2D eigenvalue weighted by molar-refractivity contribution is -0.138. The number of carbonyl (C=O) groups is 1. The summed E-state index contributed by atoms with van der Waals surface area (Å²) >= 11 is 0. The van der Waals surface area contributed by atoms with Gasteiger partial charge >= 0.3 is 5.97 Å². The number of nitrogens with zero attached hydrogens (tertiary/aromatic N) is 1. The van der Waals surface area contributed by atoms with Gasteiger partial charge in [-0.25, -0.2) is 0 Å². The molecule has 0 spiro atoms. The van der Waals surface area contributed by atoms with Gasteiger partial charge in [0.1, 0.15) is 0 Å². The largest absolute Gasteiger partial charge is 0.493 e. The third-order valence-electron chi connectivity index (χ3n) is 3.64. The predicted molar refractivity (Wildman–Crippen MR) is 70.9 cm³/mol. The molecule has 19 heavy (non-hydrogen) atoms. The van der Waals surface area contributed by atoms with Crippen LogP contribution in [0.2, 0.25) is 0 Å². The molecule has 1 aromatic rings. The van der Waals surface area contributed by atoms with Crippen LogP contribution in [0.4, 0.5) is 0 Å². The molecule has 0 amide bonds. The Morgan fingerprint density at radius 3 is 2.58 bits per heavy atom. The van der Waals surface area contributed by atoms with Crippen LogP contribution in [-0.2, 0) is 11.2 Å². The van der Waals surface area contributed by atoms with Crippen LogP contribution >= 0.6 is 0 Å². The fourth-order valence-corrected chi connectivity index (χ4v) is 2.58. The average Bonchev–Trinajstić information content (AvgIpc) is 2.40. The summed E-state index contributed by atoms with van der Waals surface area (Å²) in [5.74, 6) is 0.548. The number of hydrogen-bond donors (Lipinski definition) is 1. The number of methoxy groups -OCH3 is 2. The summed E-state index contributed by atoms with van der Waals surface area (Å²) in [5, 5.41) is 9.05. The van der Waals surface area contributed by atoms with Crippen LogP contribution < -0.4 is 9.47 Å². The van der Waals surface area contributed by atoms with Gasteiger partial charge in [-0.3, -0.25) is 9.69 Å². The van der Waals surface area contributed by atoms with E-state index < -0.39 is 5.97 Å². The van der Waals surface area contributed by atoms with Crippen LogP contribution in [0.25, 0.3) is 0 Å². The van der Waals surface area contributed by atoms with Gasteiger partial charge in [-0.1, -0.05) is 0 Å². The predicted octanol–water partition coefficient (Wildman–Crippen LogP) is 1.71. The molecule has 0 bridgehead atoms. The summed E-state index contributed by atoms with van der Waals surface area (Å²) < 4.78 is 10.6. The summed E-state index contributed by atoms with van der Waals surface area (Å²) in [4.78, 5) is 13.1. The first-order valence-electron chi connectivity index (χ1n) is 6.23. The van der Waals surface area contributed by atoms with Gasteiger partial charge in [0.2, 0.25) is 0 Å². The molecule has 5 heteroatoms. The lowest BCUT2D eigenvalue weighted by Crippen LogP contribution is -2.33. The summed E-state index contributed by atoms with van der Waals surface area (Å²) in [5.41, 5.74) is 2.16. The molecule has 1 atom stereocenters. The monoisotopic (exact) mass is 265 g/mol. The summed E-state index contributed by atoms with van der Waals surface area (Å²) in [6.45, 7) is 0.848. The Kier molecular flexibility index (Phi) is 3.95. The van der Waals surface area contributed by atoms with Gasteiger partial charge in [0.25, 0.3) is 0 Å². The Bertz CT molecular complexity index is 487. The van der Waals surface area contributed by atoms with Gasteiger partial charge in [0, 0.05) is 12.6 Å². The van der Waals surface area contributed by atoms with Gasteiger partial charge in [-0.05, 0) is 36.7 Å². The van der Waals surface area contributed by atoms with Gasteiger partial charge in [-0.15, -0.1) is 0 Å². The number of carboxylic acids is 1. The summed E-state index contributed by atoms with van der Waals surface area (Å²) in [6, 6.07) is 3.74. The minimum Gasteiger partial charge on any atom is -0.493 e. The molecular formula is C14H19NO4. The maximum Gasteiger partial charge on any atom is 0.305 e. The number of hydrogen-bond acceptors (Lipinski definition) is 4. The van der Waals surface area contributed by atoms with Crippen molar-refractivity contribution in [1.82, 2.24) is 4.90 Å². The molecule has 104 valence electrons. The van der Waals surface area contributed by atoms with Crippen LogP contribution in [-0.4, -0.2) is 43.8 Å². The van der Waals surface area contributed by atoms with E-state index in [4.69, 9.17) is 14.6 Å². The lowest BCUT2D eigenvalue weighted by atomic mass is 9.90. The van der Waals surface area contributed by atoms with E-state index in [0.29, 0.717) is 11.5 Å². The highest BCUT2D eigenvalue weighted by atomic mass is 16.5. The topological polar surface area (TPSA) is 59.0 Å². The van der Waals surface area contributed by atoms with Crippen molar-refractivity contribution in [2.45, 2.75) is 18.9 Å². The second-order valence-corrected chi connectivity index (χ2v) is 4.75. The maximum atomic E-state index is 11.0. The van der Waals surface area contributed by atoms with Crippen molar-refractivity contribution in [3.05, 3.63) is 23.3 Å². The van der Waals surface area contributed by atoms with E-state index in [1.165, 1.54) is 0 Å². The molecule has 0 fully saturated rings. The number of benzene rings is 1. The van der Waals surface area contributed by atoms with E-state index >= 15 is 0 Å². The van der Waals surface area contributed by atoms with Crippen LogP contribution in [0.5, 0.6) is 11.5 Å². The molecule has 5 nitrogen and oxygen atoms in total. The van der Waals surface area contributed by atoms with E-state index in [9.17, 15) is 4.79 Å². The van der Waals surface area contributed by atoms with E-state index in [1.807, 2.05) is 19.2 Å². The van der Waals surface area contributed by atoms with Crippen molar-refractivity contribution in [2.24, 2.45) is 0 Å². The molecule has 0 saturated carbocycles. The standard InChI is InChI=1S/C14H19NO4/c1-15-5-4-9-6-12(18-2)13(19-3)7-10(9)11(15)8-14(16)17/h6-7,11H,4-5,8H2,1-3H3,(H,16,17)/t11-/m0/s1. The number of carboxylic acid groups (broad SMARTS) is 1. The third-order valence-corrected chi connectivity index (χ3v) is 3.64. The maximum absolute atomic E-state index is 11.0. The normalized spacial score (nSPS) is 18.8. The molecule has 0 aliphatic carbocycles. The Hall–Kier alpha value is -1.75. The molecule has 0 unspecified atom stereocenters. The first-order valence-corrected chi connectivity index (χ1v) is 6.23. The number of fused-ring (bicyclic) bond motifs is 1. The number of rotatable bonds is 4. The Balaban J connectivity index is 2.45. The first-order chi connectivity index (χ1) is 9.06. The van der Waals surface area contributed by atoms with Crippen molar-refractivity contribution in [3.63, 3.8) is 0 Å². The van der Waals surface area contributed by atoms with Crippen molar-refractivity contribution in [1.29, 1.82) is 0 Å². The molecular weight excluding hydrogens is 246 g/mol. The Morgan fingerprint density at radius 1 is 1.37 bits per heavy atom. The van der Waals surface area contributed by atoms with Gasteiger partial charge in [-0.2, -0.15) is 0 Å². The van der Waals surface area contributed by atoms with E-state index in [0.717, 1.165) is 24.1 Å².